The highest BCUT2D eigenvalue weighted by Gasteiger charge is 2.54. The van der Waals surface area contributed by atoms with Crippen molar-refractivity contribution >= 4 is 118 Å². The maximum atomic E-state index is 15.1. The zero-order valence-electron chi connectivity index (χ0n) is 41.9. The highest BCUT2D eigenvalue weighted by atomic mass is 79.9. The van der Waals surface area contributed by atoms with Gasteiger partial charge in [0.05, 0.1) is 6.42 Å². The van der Waals surface area contributed by atoms with Crippen molar-refractivity contribution in [1.29, 1.82) is 0 Å². The molecule has 1 saturated heterocycles. The van der Waals surface area contributed by atoms with Crippen molar-refractivity contribution in [1.82, 2.24) is 5.32 Å². The number of nitrogens with one attached hydrogen (secondary N) is 1. The van der Waals surface area contributed by atoms with E-state index >= 15 is 4.57 Å². The highest BCUT2D eigenvalue weighted by molar-refractivity contribution is 9.09. The third-order valence-electron chi connectivity index (χ3n) is 11.4. The fourth-order valence-electron chi connectivity index (χ4n) is 7.39. The zero-order valence-corrected chi connectivity index (χ0v) is 48.9. The number of hydrogen-bond donors (Lipinski definition) is 1. The second kappa shape index (κ2) is 33.9. The van der Waals surface area contributed by atoms with Crippen LogP contribution in [0.25, 0.3) is 0 Å². The quantitative estimate of drug-likeness (QED) is 0.0234. The summed E-state index contributed by atoms with van der Waals surface area (Å²) in [6.07, 6.45) is 8.04. The van der Waals surface area contributed by atoms with Crippen LogP contribution in [0.1, 0.15) is 150 Å². The first-order chi connectivity index (χ1) is 34.5. The van der Waals surface area contributed by atoms with E-state index in [1.165, 1.54) is 63.8 Å². The molecule has 3 rings (SSSR count). The maximum absolute atomic E-state index is 15.1. The van der Waals surface area contributed by atoms with E-state index < -0.39 is 100 Å². The first-order valence-electron chi connectivity index (χ1n) is 24.9. The fraction of sp³-hybridized carbons (Fsp3) is 0.680. The lowest BCUT2D eigenvalue weighted by molar-refractivity contribution is -0.194. The van der Waals surface area contributed by atoms with E-state index in [0.717, 1.165) is 64.2 Å². The number of para-hydroxylation sites is 2. The van der Waals surface area contributed by atoms with Crippen LogP contribution in [0.3, 0.4) is 0 Å². The SMILES string of the molecule is CCCCCCCCCCC[C@H](CC(=O)O[C@@H]1[C@@H](NC(=O)OCC(Cl)(Cl)Cl)[C@@H](Br)O[C@H](COC(=O)OC(C)(C)C(Cl)(Cl)Cl)[C@H]1OP(=O)(Oc1ccccc1)Oc1ccccc1)OC(=O)CCCCCCCCC. The summed E-state index contributed by atoms with van der Waals surface area (Å²) < 4.78 is 63.6. The topological polar surface area (TPSA) is 180 Å². The summed E-state index contributed by atoms with van der Waals surface area (Å²) in [5.74, 6) is -1.29. The molecule has 0 aliphatic carbocycles. The van der Waals surface area contributed by atoms with E-state index in [4.69, 9.17) is 112 Å². The van der Waals surface area contributed by atoms with Crippen LogP contribution < -0.4 is 14.4 Å². The van der Waals surface area contributed by atoms with E-state index in [1.54, 1.807) is 36.4 Å². The third kappa shape index (κ3) is 26.7. The Morgan fingerprint density at radius 1 is 0.699 bits per heavy atom. The molecule has 23 heteroatoms. The molecule has 0 unspecified atom stereocenters. The van der Waals surface area contributed by atoms with Gasteiger partial charge in [-0.25, -0.2) is 14.2 Å². The van der Waals surface area contributed by atoms with Crippen molar-refractivity contribution in [3.8, 4) is 11.5 Å². The monoisotopic (exact) mass is 1230 g/mol. The second-order valence-electron chi connectivity index (χ2n) is 18.1. The van der Waals surface area contributed by atoms with Crippen LogP contribution in [-0.4, -0.2) is 86.1 Å². The van der Waals surface area contributed by atoms with Crippen LogP contribution in [0.2, 0.25) is 0 Å². The van der Waals surface area contributed by atoms with Crippen LogP contribution in [0.4, 0.5) is 9.59 Å². The Bertz CT molecular complexity index is 1920. The summed E-state index contributed by atoms with van der Waals surface area (Å²) >= 11 is 39.2. The van der Waals surface area contributed by atoms with Gasteiger partial charge < -0.3 is 42.8 Å². The molecule has 0 aromatic heterocycles. The molecule has 414 valence electrons. The van der Waals surface area contributed by atoms with Crippen molar-refractivity contribution in [3.63, 3.8) is 0 Å². The Hall–Kier alpha value is -2.11. The number of phosphoric ester groups is 1. The molecule has 2 aromatic carbocycles. The molecule has 6 atom stereocenters. The molecular formula is C50H71BrCl6NO14P. The number of amides is 1. The zero-order chi connectivity index (χ0) is 53.9. The number of alkyl carbamates (subject to hydrolysis) is 1. The number of benzene rings is 2. The van der Waals surface area contributed by atoms with Crippen LogP contribution in [0.5, 0.6) is 11.5 Å². The molecule has 1 heterocycles. The average molecular weight is 1230 g/mol. The number of alkyl halides is 7. The predicted molar refractivity (Wildman–Crippen MR) is 288 cm³/mol. The molecule has 1 amide bonds. The molecule has 1 aliphatic heterocycles. The van der Waals surface area contributed by atoms with Crippen LogP contribution in [0.15, 0.2) is 60.7 Å². The number of unbranched alkanes of at least 4 members (excludes halogenated alkanes) is 14. The van der Waals surface area contributed by atoms with Gasteiger partial charge in [0.2, 0.25) is 7.59 Å². The van der Waals surface area contributed by atoms with Crippen molar-refractivity contribution in [3.05, 3.63) is 60.7 Å². The number of halogens is 7. The molecule has 0 spiro atoms. The average Bonchev–Trinajstić information content (AvgIpc) is 3.31. The van der Waals surface area contributed by atoms with E-state index in [9.17, 15) is 19.2 Å². The Morgan fingerprint density at radius 3 is 1.71 bits per heavy atom. The standard InChI is InChI=1S/C50H71BrCl6NO14P/c1-5-7-9-11-13-14-16-17-21-31-38(66-40(59)32-26-18-15-12-10-8-6-2)33-41(60)68-44-42(58-46(61)65-35-49(52,53)54)45(51)67-39(34-64-47(62)69-48(3,4)50(55,56)57)43(44)72-73(63,70-36-27-22-19-23-28-36)71-37-29-24-20-25-30-37/h19-20,22-25,27-30,38-39,42-45H,5-18,21,26,31-35H2,1-4H3,(H,58,61)/t38-,39-,42-,43-,44-,45+/m1/s1. The molecule has 0 radical (unpaired) electrons. The molecular weight excluding hydrogens is 1160 g/mol. The minimum Gasteiger partial charge on any atom is -0.462 e. The van der Waals surface area contributed by atoms with Gasteiger partial charge in [0, 0.05) is 6.42 Å². The van der Waals surface area contributed by atoms with Gasteiger partial charge in [-0.05, 0) is 57.4 Å². The van der Waals surface area contributed by atoms with Gasteiger partial charge in [-0.3, -0.25) is 14.1 Å². The van der Waals surface area contributed by atoms with Gasteiger partial charge in [-0.15, -0.1) is 0 Å². The summed E-state index contributed by atoms with van der Waals surface area (Å²) in [4.78, 5) is 54.4. The van der Waals surface area contributed by atoms with Crippen molar-refractivity contribution < 1.29 is 65.7 Å². The van der Waals surface area contributed by atoms with Gasteiger partial charge in [-0.1, -0.05) is 226 Å². The Balaban J connectivity index is 2.05. The largest absolute Gasteiger partial charge is 0.588 e. The van der Waals surface area contributed by atoms with E-state index in [0.29, 0.717) is 19.3 Å². The number of ether oxygens (including phenoxy) is 6. The Kier molecular flexibility index (Phi) is 30.3. The fourth-order valence-corrected chi connectivity index (χ4v) is 9.82. The van der Waals surface area contributed by atoms with Crippen molar-refractivity contribution in [2.24, 2.45) is 0 Å². The first-order valence-corrected chi connectivity index (χ1v) is 29.6. The van der Waals surface area contributed by atoms with Gasteiger partial charge in [0.25, 0.3) is 0 Å². The molecule has 1 aliphatic rings. The molecule has 73 heavy (non-hydrogen) atoms. The molecule has 1 N–H and O–H groups in total. The summed E-state index contributed by atoms with van der Waals surface area (Å²) in [5.41, 5.74) is -1.71. The molecule has 1 fully saturated rings. The lowest BCUT2D eigenvalue weighted by Crippen LogP contribution is -2.64. The third-order valence-corrected chi connectivity index (χ3v) is 15.3. The minimum atomic E-state index is -4.95. The van der Waals surface area contributed by atoms with E-state index in [-0.39, 0.29) is 17.9 Å². The number of carbonyl (C=O) groups is 4. The predicted octanol–water partition coefficient (Wildman–Crippen LogP) is 15.8. The summed E-state index contributed by atoms with van der Waals surface area (Å²) in [6.45, 7) is 5.54. The second-order valence-corrected chi connectivity index (χ2v) is 25.3. The highest BCUT2D eigenvalue weighted by Crippen LogP contribution is 2.53. The van der Waals surface area contributed by atoms with Gasteiger partial charge >= 0.3 is 32.0 Å². The number of phosphoric acid groups is 1. The Labute approximate surface area is 469 Å². The number of carbonyl (C=O) groups excluding carboxylic acids is 4. The lowest BCUT2D eigenvalue weighted by Gasteiger charge is -2.44. The van der Waals surface area contributed by atoms with Crippen molar-refractivity contribution in [2.75, 3.05) is 13.2 Å². The summed E-state index contributed by atoms with van der Waals surface area (Å²) in [6, 6.07) is 14.3. The van der Waals surface area contributed by atoms with E-state index in [1.807, 2.05) is 0 Å². The molecule has 15 nitrogen and oxygen atoms in total. The molecule has 2 aromatic rings. The van der Waals surface area contributed by atoms with E-state index in [2.05, 4.69) is 35.1 Å². The maximum Gasteiger partial charge on any atom is 0.588 e. The molecule has 0 saturated carbocycles. The normalized spacial score (nSPS) is 18.8. The number of hydrogen-bond acceptors (Lipinski definition) is 14. The number of esters is 2. The van der Waals surface area contributed by atoms with Gasteiger partial charge in [0.1, 0.15) is 54.1 Å². The number of rotatable bonds is 33. The van der Waals surface area contributed by atoms with Crippen molar-refractivity contribution in [2.45, 2.75) is 198 Å². The minimum absolute atomic E-state index is 0.0401. The Morgan fingerprint density at radius 2 is 1.21 bits per heavy atom. The van der Waals surface area contributed by atoms with Gasteiger partial charge in [-0.2, -0.15) is 0 Å². The smallest absolute Gasteiger partial charge is 0.462 e. The van der Waals surface area contributed by atoms with Crippen LogP contribution in [0, 0.1) is 0 Å². The summed E-state index contributed by atoms with van der Waals surface area (Å²) in [5, 5.41) is 1.24. The van der Waals surface area contributed by atoms with Crippen LogP contribution >= 0.6 is 93.4 Å². The summed E-state index contributed by atoms with van der Waals surface area (Å²) in [7, 11) is -4.95. The molecule has 0 bridgehead atoms. The lowest BCUT2D eigenvalue weighted by atomic mass is 9.97. The van der Waals surface area contributed by atoms with Crippen LogP contribution in [-0.2, 0) is 47.1 Å². The first kappa shape index (κ1) is 65.2. The van der Waals surface area contributed by atoms with Gasteiger partial charge in [0.15, 0.2) is 11.7 Å².